The molecule has 1 aliphatic rings. The first-order valence-electron chi connectivity index (χ1n) is 12.5. The van der Waals surface area contributed by atoms with E-state index in [1.54, 1.807) is 13.0 Å². The summed E-state index contributed by atoms with van der Waals surface area (Å²) in [7, 11) is 0. The van der Waals surface area contributed by atoms with Crippen molar-refractivity contribution in [3.05, 3.63) is 59.9 Å². The molecule has 0 fully saturated rings. The number of amides is 1. The molecule has 0 bridgehead atoms. The van der Waals surface area contributed by atoms with E-state index in [9.17, 15) is 9.90 Å². The zero-order valence-electron chi connectivity index (χ0n) is 20.8. The number of aryl methyl sites for hydroxylation is 1. The van der Waals surface area contributed by atoms with Gasteiger partial charge in [-0.15, -0.1) is 0 Å². The molecule has 1 aliphatic heterocycles. The summed E-state index contributed by atoms with van der Waals surface area (Å²) in [5.41, 5.74) is 7.27. The maximum atomic E-state index is 11.0. The zero-order valence-corrected chi connectivity index (χ0v) is 20.8. The van der Waals surface area contributed by atoms with Crippen molar-refractivity contribution in [2.24, 2.45) is 0 Å². The van der Waals surface area contributed by atoms with Crippen LogP contribution in [0.4, 0.5) is 0 Å². The van der Waals surface area contributed by atoms with E-state index >= 15 is 0 Å². The highest BCUT2D eigenvalue weighted by Gasteiger charge is 2.18. The number of imidazole rings is 1. The number of hydrogen-bond donors (Lipinski definition) is 4. The van der Waals surface area contributed by atoms with Gasteiger partial charge in [-0.2, -0.15) is 5.10 Å². The maximum absolute atomic E-state index is 11.0. The van der Waals surface area contributed by atoms with Crippen molar-refractivity contribution >= 4 is 22.4 Å². The van der Waals surface area contributed by atoms with E-state index in [2.05, 4.69) is 56.6 Å². The van der Waals surface area contributed by atoms with E-state index in [0.29, 0.717) is 0 Å². The summed E-state index contributed by atoms with van der Waals surface area (Å²) in [6.45, 7) is 7.21. The minimum atomic E-state index is 0.0262. The van der Waals surface area contributed by atoms with E-state index in [0.717, 1.165) is 90.2 Å². The molecule has 186 valence electrons. The van der Waals surface area contributed by atoms with Gasteiger partial charge in [0.25, 0.3) is 0 Å². The molecule has 0 unspecified atom stereocenters. The quantitative estimate of drug-likeness (QED) is 0.275. The molecule has 4 N–H and O–H groups in total. The third-order valence-electron chi connectivity index (χ3n) is 6.79. The molecule has 0 saturated heterocycles. The van der Waals surface area contributed by atoms with Crippen LogP contribution in [-0.4, -0.2) is 62.3 Å². The molecular formula is C28H32N6O2. The predicted molar refractivity (Wildman–Crippen MR) is 142 cm³/mol. The number of phenols is 1. The first-order chi connectivity index (χ1) is 17.5. The van der Waals surface area contributed by atoms with Crippen LogP contribution in [0.3, 0.4) is 0 Å². The Balaban J connectivity index is 1.30. The van der Waals surface area contributed by atoms with E-state index in [-0.39, 0.29) is 11.7 Å². The maximum Gasteiger partial charge on any atom is 0.216 e. The Morgan fingerprint density at radius 1 is 1.22 bits per heavy atom. The number of nitrogens with one attached hydrogen (secondary N) is 3. The molecule has 4 aromatic rings. The van der Waals surface area contributed by atoms with Crippen molar-refractivity contribution < 1.29 is 9.90 Å². The number of benzene rings is 2. The summed E-state index contributed by atoms with van der Waals surface area (Å²) in [4.78, 5) is 21.6. The first kappa shape index (κ1) is 23.8. The molecule has 0 saturated carbocycles. The molecule has 0 radical (unpaired) electrons. The van der Waals surface area contributed by atoms with Crippen molar-refractivity contribution in [1.82, 2.24) is 30.4 Å². The number of fused-ring (bicyclic) bond motifs is 1. The van der Waals surface area contributed by atoms with Gasteiger partial charge in [0.05, 0.1) is 11.2 Å². The van der Waals surface area contributed by atoms with Crippen molar-refractivity contribution in [2.75, 3.05) is 26.2 Å². The molecule has 0 spiro atoms. The Hall–Kier alpha value is -3.91. The molecule has 0 aliphatic carbocycles. The summed E-state index contributed by atoms with van der Waals surface area (Å²) >= 11 is 0. The van der Waals surface area contributed by atoms with Gasteiger partial charge in [0.1, 0.15) is 11.4 Å². The van der Waals surface area contributed by atoms with Crippen LogP contribution in [0.1, 0.15) is 37.9 Å². The van der Waals surface area contributed by atoms with E-state index in [1.165, 1.54) is 5.57 Å². The fraction of sp³-hybridized carbons (Fsp3) is 0.321. The third kappa shape index (κ3) is 5.04. The lowest BCUT2D eigenvalue weighted by atomic mass is 9.97. The number of carbonyl (C=O) groups is 1. The van der Waals surface area contributed by atoms with Crippen LogP contribution in [0.15, 0.2) is 48.7 Å². The van der Waals surface area contributed by atoms with Crippen LogP contribution in [0.2, 0.25) is 0 Å². The normalized spacial score (nSPS) is 14.2. The fourth-order valence-corrected chi connectivity index (χ4v) is 4.84. The Bertz CT molecular complexity index is 1420. The van der Waals surface area contributed by atoms with Crippen molar-refractivity contribution in [2.45, 2.75) is 33.1 Å². The Kier molecular flexibility index (Phi) is 6.86. The minimum absolute atomic E-state index is 0.0262. The summed E-state index contributed by atoms with van der Waals surface area (Å²) in [6.07, 6.45) is 6.96. The summed E-state index contributed by atoms with van der Waals surface area (Å²) in [5, 5.41) is 21.4. The smallest absolute Gasteiger partial charge is 0.216 e. The van der Waals surface area contributed by atoms with E-state index in [4.69, 9.17) is 4.98 Å². The van der Waals surface area contributed by atoms with Crippen LogP contribution in [0, 0.1) is 0 Å². The van der Waals surface area contributed by atoms with Crippen LogP contribution in [0.25, 0.3) is 39.1 Å². The molecule has 1 amide bonds. The molecule has 36 heavy (non-hydrogen) atoms. The van der Waals surface area contributed by atoms with Gasteiger partial charge < -0.3 is 15.4 Å². The third-order valence-corrected chi connectivity index (χ3v) is 6.79. The lowest BCUT2D eigenvalue weighted by Gasteiger charge is -2.25. The van der Waals surface area contributed by atoms with Crippen molar-refractivity contribution in [1.29, 1.82) is 0 Å². The minimum Gasteiger partial charge on any atom is -0.508 e. The number of aromatic amines is 2. The van der Waals surface area contributed by atoms with Crippen LogP contribution >= 0.6 is 0 Å². The Morgan fingerprint density at radius 3 is 2.89 bits per heavy atom. The highest BCUT2D eigenvalue weighted by molar-refractivity contribution is 5.94. The number of aromatic hydroxyl groups is 1. The largest absolute Gasteiger partial charge is 0.508 e. The average Bonchev–Trinajstić information content (AvgIpc) is 3.53. The van der Waals surface area contributed by atoms with Crippen molar-refractivity contribution in [3.8, 4) is 28.4 Å². The van der Waals surface area contributed by atoms with Crippen LogP contribution < -0.4 is 5.32 Å². The van der Waals surface area contributed by atoms with Gasteiger partial charge in [0.15, 0.2) is 5.82 Å². The van der Waals surface area contributed by atoms with Gasteiger partial charge in [-0.3, -0.25) is 14.8 Å². The molecule has 0 atom stereocenters. The number of phenolic OH excluding ortho intramolecular Hbond substituents is 1. The number of carbonyl (C=O) groups excluding carboxylic acids is 1. The first-order valence-corrected chi connectivity index (χ1v) is 12.5. The second-order valence-electron chi connectivity index (χ2n) is 9.28. The predicted octanol–water partition coefficient (Wildman–Crippen LogP) is 4.50. The number of H-pyrrole nitrogens is 2. The zero-order chi connectivity index (χ0) is 25.1. The molecular weight excluding hydrogens is 452 g/mol. The fourth-order valence-electron chi connectivity index (χ4n) is 4.84. The molecule has 2 aromatic carbocycles. The molecule has 8 heteroatoms. The molecule has 8 nitrogen and oxygen atoms in total. The van der Waals surface area contributed by atoms with Crippen LogP contribution in [-0.2, 0) is 11.2 Å². The summed E-state index contributed by atoms with van der Waals surface area (Å²) in [6, 6.07) is 11.8. The topological polar surface area (TPSA) is 110 Å². The Labute approximate surface area is 210 Å². The second kappa shape index (κ2) is 10.4. The number of aromatic nitrogens is 4. The summed E-state index contributed by atoms with van der Waals surface area (Å²) in [5.74, 6) is 1.07. The Morgan fingerprint density at radius 2 is 2.11 bits per heavy atom. The highest BCUT2D eigenvalue weighted by Crippen LogP contribution is 2.32. The second-order valence-corrected chi connectivity index (χ2v) is 9.28. The van der Waals surface area contributed by atoms with Gasteiger partial charge in [0.2, 0.25) is 5.91 Å². The van der Waals surface area contributed by atoms with E-state index in [1.807, 2.05) is 18.3 Å². The van der Waals surface area contributed by atoms with Gasteiger partial charge in [-0.05, 0) is 65.8 Å². The van der Waals surface area contributed by atoms with Gasteiger partial charge in [-0.25, -0.2) is 4.98 Å². The molecule has 3 heterocycles. The van der Waals surface area contributed by atoms with Crippen molar-refractivity contribution in [3.63, 3.8) is 0 Å². The standard InChI is InChI=1S/C28H32N6O2/c1-3-19-15-22(36)6-8-23(19)21-5-7-24-25(16-21)32-33-27(24)28-30-17-26(31-28)20-9-13-34(14-10-20)12-4-11-29-18(2)35/h5-9,15-17,36H,3-4,10-14H2,1-2H3,(H,29,35)(H,30,31)(H,32,33). The van der Waals surface area contributed by atoms with E-state index < -0.39 is 0 Å². The van der Waals surface area contributed by atoms with Gasteiger partial charge >= 0.3 is 0 Å². The highest BCUT2D eigenvalue weighted by atomic mass is 16.3. The number of rotatable bonds is 8. The molecule has 5 rings (SSSR count). The summed E-state index contributed by atoms with van der Waals surface area (Å²) < 4.78 is 0. The lowest BCUT2D eigenvalue weighted by molar-refractivity contribution is -0.118. The lowest BCUT2D eigenvalue weighted by Crippen LogP contribution is -2.32. The molecule has 2 aromatic heterocycles. The number of hydrogen-bond acceptors (Lipinski definition) is 5. The average molecular weight is 485 g/mol. The van der Waals surface area contributed by atoms with Gasteiger partial charge in [0, 0.05) is 44.7 Å². The number of nitrogens with zero attached hydrogens (tertiary/aromatic N) is 3. The van der Waals surface area contributed by atoms with Crippen LogP contribution in [0.5, 0.6) is 5.75 Å². The van der Waals surface area contributed by atoms with Gasteiger partial charge in [-0.1, -0.05) is 25.1 Å². The monoisotopic (exact) mass is 484 g/mol. The SMILES string of the molecule is CCc1cc(O)ccc1-c1ccc2c(-c3nc(C4=CCN(CCCNC(C)=O)CC4)c[nH]3)n[nH]c2c1.